The lowest BCUT2D eigenvalue weighted by Crippen LogP contribution is -2.48. The summed E-state index contributed by atoms with van der Waals surface area (Å²) >= 11 is 0. The number of piperazine rings is 1. The third-order valence-corrected chi connectivity index (χ3v) is 8.42. The molecule has 1 aliphatic heterocycles. The van der Waals surface area contributed by atoms with E-state index in [2.05, 4.69) is 38.9 Å². The van der Waals surface area contributed by atoms with Crippen molar-refractivity contribution in [3.63, 3.8) is 0 Å². The van der Waals surface area contributed by atoms with Gasteiger partial charge in [-0.2, -0.15) is 0 Å². The van der Waals surface area contributed by atoms with Crippen molar-refractivity contribution in [3.8, 4) is 5.75 Å². The first-order chi connectivity index (χ1) is 18.9. The number of carbonyl (C=O) groups excluding carboxylic acids is 1. The van der Waals surface area contributed by atoms with Gasteiger partial charge in [-0.3, -0.25) is 19.4 Å². The molecule has 0 atom stereocenters. The SMILES string of the molecule is COc1cc(NS(=O)(=O)c2cccc3cccnc23)ccc1C(=O)N1CCN(CCCc2ccccc2)CC1. The number of ether oxygens (including phenoxy) is 1. The van der Waals surface area contributed by atoms with E-state index in [0.717, 1.165) is 37.9 Å². The van der Waals surface area contributed by atoms with Gasteiger partial charge in [0.05, 0.1) is 23.9 Å². The van der Waals surface area contributed by atoms with Crippen LogP contribution in [0.1, 0.15) is 22.3 Å². The maximum absolute atomic E-state index is 13.3. The fourth-order valence-corrected chi connectivity index (χ4v) is 6.16. The Bertz CT molecular complexity index is 1550. The molecule has 0 aliphatic carbocycles. The van der Waals surface area contributed by atoms with Gasteiger partial charge < -0.3 is 9.64 Å². The number of para-hydroxylation sites is 1. The highest BCUT2D eigenvalue weighted by Gasteiger charge is 2.25. The molecule has 0 unspecified atom stereocenters. The average molecular weight is 545 g/mol. The Balaban J connectivity index is 1.22. The van der Waals surface area contributed by atoms with Crippen LogP contribution in [0, 0.1) is 0 Å². The van der Waals surface area contributed by atoms with Gasteiger partial charge in [0.1, 0.15) is 10.6 Å². The van der Waals surface area contributed by atoms with Crippen molar-refractivity contribution in [2.24, 2.45) is 0 Å². The molecule has 1 fully saturated rings. The number of pyridine rings is 1. The number of rotatable bonds is 9. The van der Waals surface area contributed by atoms with Crippen LogP contribution in [0.2, 0.25) is 0 Å². The molecular formula is C30H32N4O4S. The van der Waals surface area contributed by atoms with Crippen LogP contribution in [-0.2, 0) is 16.4 Å². The molecule has 4 aromatic rings. The average Bonchev–Trinajstić information content (AvgIpc) is 2.97. The molecule has 1 amide bonds. The van der Waals surface area contributed by atoms with Crippen LogP contribution < -0.4 is 9.46 Å². The van der Waals surface area contributed by atoms with E-state index in [4.69, 9.17) is 4.74 Å². The van der Waals surface area contributed by atoms with E-state index in [0.29, 0.717) is 35.6 Å². The van der Waals surface area contributed by atoms with Crippen LogP contribution in [0.15, 0.2) is 90.0 Å². The minimum Gasteiger partial charge on any atom is -0.496 e. The second kappa shape index (κ2) is 11.8. The summed E-state index contributed by atoms with van der Waals surface area (Å²) in [4.78, 5) is 21.9. The third-order valence-electron chi connectivity index (χ3n) is 7.01. The molecule has 1 aliphatic rings. The first-order valence-electron chi connectivity index (χ1n) is 13.0. The van der Waals surface area contributed by atoms with Crippen molar-refractivity contribution in [2.45, 2.75) is 17.7 Å². The summed E-state index contributed by atoms with van der Waals surface area (Å²) in [6.07, 6.45) is 3.69. The summed E-state index contributed by atoms with van der Waals surface area (Å²) in [5.41, 5.74) is 2.45. The molecule has 2 heterocycles. The van der Waals surface area contributed by atoms with Gasteiger partial charge in [-0.15, -0.1) is 0 Å². The quantitative estimate of drug-likeness (QED) is 0.335. The maximum atomic E-state index is 13.3. The van der Waals surface area contributed by atoms with E-state index in [1.165, 1.54) is 18.7 Å². The molecule has 8 nitrogen and oxygen atoms in total. The number of sulfonamides is 1. The monoisotopic (exact) mass is 544 g/mol. The summed E-state index contributed by atoms with van der Waals surface area (Å²) in [5.74, 6) is 0.199. The molecule has 0 radical (unpaired) electrons. The molecule has 9 heteroatoms. The highest BCUT2D eigenvalue weighted by atomic mass is 32.2. The number of methoxy groups -OCH3 is 1. The fourth-order valence-electron chi connectivity index (χ4n) is 4.93. The Morgan fingerprint density at radius 3 is 2.49 bits per heavy atom. The van der Waals surface area contributed by atoms with E-state index < -0.39 is 10.0 Å². The number of hydrogen-bond acceptors (Lipinski definition) is 6. The molecule has 202 valence electrons. The van der Waals surface area contributed by atoms with Crippen LogP contribution in [0.3, 0.4) is 0 Å². The van der Waals surface area contributed by atoms with Crippen molar-refractivity contribution in [1.29, 1.82) is 0 Å². The highest BCUT2D eigenvalue weighted by molar-refractivity contribution is 7.93. The van der Waals surface area contributed by atoms with Crippen LogP contribution in [0.25, 0.3) is 10.9 Å². The predicted octanol–water partition coefficient (Wildman–Crippen LogP) is 4.43. The minimum absolute atomic E-state index is 0.0846. The first-order valence-corrected chi connectivity index (χ1v) is 14.5. The van der Waals surface area contributed by atoms with Gasteiger partial charge in [0.2, 0.25) is 0 Å². The minimum atomic E-state index is -3.92. The van der Waals surface area contributed by atoms with E-state index >= 15 is 0 Å². The zero-order chi connectivity index (χ0) is 27.2. The number of benzene rings is 3. The summed E-state index contributed by atoms with van der Waals surface area (Å²) in [6, 6.07) is 23.8. The zero-order valence-electron chi connectivity index (χ0n) is 21.9. The van der Waals surface area contributed by atoms with Crippen LogP contribution in [-0.4, -0.2) is 68.9 Å². The summed E-state index contributed by atoms with van der Waals surface area (Å²) < 4.78 is 34.5. The topological polar surface area (TPSA) is 91.8 Å². The standard InChI is InChI=1S/C30H32N4O4S/c1-38-27-22-25(32-39(36,37)28-13-5-11-24-12-6-16-31-29(24)28)14-15-26(27)30(35)34-20-18-33(19-21-34)17-7-10-23-8-3-2-4-9-23/h2-6,8-9,11-16,22,32H,7,10,17-21H2,1H3. The van der Waals surface area contributed by atoms with Crippen molar-refractivity contribution in [3.05, 3.63) is 96.2 Å². The smallest absolute Gasteiger partial charge is 0.264 e. The number of nitrogens with one attached hydrogen (secondary N) is 1. The molecule has 0 saturated carbocycles. The number of aromatic nitrogens is 1. The maximum Gasteiger partial charge on any atom is 0.264 e. The first kappa shape index (κ1) is 26.6. The van der Waals surface area contributed by atoms with Crippen molar-refractivity contribution in [1.82, 2.24) is 14.8 Å². The second-order valence-electron chi connectivity index (χ2n) is 9.57. The summed E-state index contributed by atoms with van der Waals surface area (Å²) in [6.45, 7) is 3.91. The van der Waals surface area contributed by atoms with E-state index in [-0.39, 0.29) is 10.8 Å². The summed E-state index contributed by atoms with van der Waals surface area (Å²) in [7, 11) is -2.44. The Kier molecular flexibility index (Phi) is 8.09. The van der Waals surface area contributed by atoms with Crippen LogP contribution >= 0.6 is 0 Å². The molecule has 1 N–H and O–H groups in total. The molecule has 0 bridgehead atoms. The normalized spacial score (nSPS) is 14.3. The zero-order valence-corrected chi connectivity index (χ0v) is 22.7. The lowest BCUT2D eigenvalue weighted by Gasteiger charge is -2.35. The van der Waals surface area contributed by atoms with E-state index in [9.17, 15) is 13.2 Å². The van der Waals surface area contributed by atoms with Gasteiger partial charge in [0.25, 0.3) is 15.9 Å². The molecular weight excluding hydrogens is 512 g/mol. The Morgan fingerprint density at radius 2 is 1.72 bits per heavy atom. The Labute approximate surface area is 229 Å². The number of fused-ring (bicyclic) bond motifs is 1. The largest absolute Gasteiger partial charge is 0.496 e. The van der Waals surface area contributed by atoms with E-state index in [1.807, 2.05) is 23.1 Å². The Hall–Kier alpha value is -3.95. The van der Waals surface area contributed by atoms with Crippen molar-refractivity contribution in [2.75, 3.05) is 44.6 Å². The van der Waals surface area contributed by atoms with Gasteiger partial charge in [0.15, 0.2) is 0 Å². The van der Waals surface area contributed by atoms with Gasteiger partial charge in [0, 0.05) is 43.8 Å². The molecule has 0 spiro atoms. The number of amides is 1. The predicted molar refractivity (Wildman–Crippen MR) is 153 cm³/mol. The molecule has 39 heavy (non-hydrogen) atoms. The van der Waals surface area contributed by atoms with Crippen molar-refractivity contribution >= 4 is 32.5 Å². The Morgan fingerprint density at radius 1 is 0.949 bits per heavy atom. The number of hydrogen-bond donors (Lipinski definition) is 1. The molecule has 1 saturated heterocycles. The molecule has 1 aromatic heterocycles. The summed E-state index contributed by atoms with van der Waals surface area (Å²) in [5, 5.41) is 0.732. The second-order valence-corrected chi connectivity index (χ2v) is 11.2. The number of aryl methyl sites for hydroxylation is 1. The van der Waals surface area contributed by atoms with Crippen LogP contribution in [0.5, 0.6) is 5.75 Å². The third kappa shape index (κ3) is 6.21. The lowest BCUT2D eigenvalue weighted by atomic mass is 10.1. The van der Waals surface area contributed by atoms with Crippen molar-refractivity contribution < 1.29 is 17.9 Å². The van der Waals surface area contributed by atoms with E-state index in [1.54, 1.807) is 36.5 Å². The number of anilines is 1. The molecule has 5 rings (SSSR count). The number of nitrogens with zero attached hydrogens (tertiary/aromatic N) is 3. The van der Waals surface area contributed by atoms with Gasteiger partial charge in [-0.05, 0) is 49.2 Å². The molecule has 3 aromatic carbocycles. The lowest BCUT2D eigenvalue weighted by molar-refractivity contribution is 0.0633. The number of carbonyl (C=O) groups is 1. The highest BCUT2D eigenvalue weighted by Crippen LogP contribution is 2.28. The van der Waals surface area contributed by atoms with Gasteiger partial charge in [-0.1, -0.05) is 48.5 Å². The van der Waals surface area contributed by atoms with Crippen LogP contribution in [0.4, 0.5) is 5.69 Å². The van der Waals surface area contributed by atoms with Gasteiger partial charge >= 0.3 is 0 Å². The van der Waals surface area contributed by atoms with Gasteiger partial charge in [-0.25, -0.2) is 8.42 Å². The fraction of sp³-hybridized carbons (Fsp3) is 0.267.